The number of allylic oxidation sites excluding steroid dienone is 4. The molecule has 0 saturated carbocycles. The molecule has 39 heavy (non-hydrogen) atoms. The molecule has 3 aliphatic rings. The minimum absolute atomic E-state index is 0.0766. The molecule has 0 radical (unpaired) electrons. The molecular weight excluding hydrogens is 504 g/mol. The Morgan fingerprint density at radius 1 is 0.974 bits per heavy atom. The molecule has 1 aromatic carbocycles. The van der Waals surface area contributed by atoms with Crippen molar-refractivity contribution in [2.24, 2.45) is 17.8 Å². The number of carbonyl (C=O) groups excluding carboxylic acids is 2. The molecular formula is C34H40O4S. The van der Waals surface area contributed by atoms with Crippen molar-refractivity contribution in [3.63, 3.8) is 0 Å². The van der Waals surface area contributed by atoms with Gasteiger partial charge in [0.15, 0.2) is 11.6 Å². The number of aliphatic hydroxyl groups is 1. The average molecular weight is 545 g/mol. The lowest BCUT2D eigenvalue weighted by Crippen LogP contribution is -2.20. The molecule has 5 heteroatoms. The van der Waals surface area contributed by atoms with Gasteiger partial charge >= 0.3 is 0 Å². The Hall–Kier alpha value is -2.60. The predicted molar refractivity (Wildman–Crippen MR) is 158 cm³/mol. The van der Waals surface area contributed by atoms with E-state index in [1.54, 1.807) is 11.3 Å². The molecule has 4 bridgehead atoms. The molecule has 1 aromatic heterocycles. The van der Waals surface area contributed by atoms with Gasteiger partial charge in [-0.3, -0.25) is 9.59 Å². The summed E-state index contributed by atoms with van der Waals surface area (Å²) in [6.07, 6.45) is 12.4. The van der Waals surface area contributed by atoms with Crippen molar-refractivity contribution < 1.29 is 19.4 Å². The summed E-state index contributed by atoms with van der Waals surface area (Å²) in [6, 6.07) is 10.7. The van der Waals surface area contributed by atoms with E-state index in [2.05, 4.69) is 43.0 Å². The van der Waals surface area contributed by atoms with Crippen LogP contribution in [0.1, 0.15) is 73.7 Å². The first-order valence-corrected chi connectivity index (χ1v) is 15.4. The largest absolute Gasteiger partial charge is 0.396 e. The molecule has 1 fully saturated rings. The Bertz CT molecular complexity index is 1260. The van der Waals surface area contributed by atoms with E-state index >= 15 is 0 Å². The molecule has 4 nitrogen and oxygen atoms in total. The smallest absolute Gasteiger partial charge is 0.168 e. The normalized spacial score (nSPS) is 23.4. The number of aryl methyl sites for hydroxylation is 1. The number of rotatable bonds is 4. The average Bonchev–Trinajstić information content (AvgIpc) is 3.61. The lowest BCUT2D eigenvalue weighted by atomic mass is 9.86. The van der Waals surface area contributed by atoms with E-state index < -0.39 is 0 Å². The van der Waals surface area contributed by atoms with Gasteiger partial charge in [0.25, 0.3) is 0 Å². The second-order valence-corrected chi connectivity index (χ2v) is 12.2. The van der Waals surface area contributed by atoms with Crippen molar-refractivity contribution in [3.05, 3.63) is 82.3 Å². The van der Waals surface area contributed by atoms with Gasteiger partial charge in [-0.2, -0.15) is 0 Å². The summed E-state index contributed by atoms with van der Waals surface area (Å²) in [4.78, 5) is 28.1. The second kappa shape index (κ2) is 13.2. The summed E-state index contributed by atoms with van der Waals surface area (Å²) in [5, 5.41) is 11.5. The van der Waals surface area contributed by atoms with E-state index in [0.717, 1.165) is 90.9 Å². The Labute approximate surface area is 236 Å². The van der Waals surface area contributed by atoms with Crippen LogP contribution in [0.4, 0.5) is 0 Å². The third kappa shape index (κ3) is 6.95. The van der Waals surface area contributed by atoms with Gasteiger partial charge in [0, 0.05) is 54.1 Å². The predicted octanol–water partition coefficient (Wildman–Crippen LogP) is 7.53. The molecule has 206 valence electrons. The van der Waals surface area contributed by atoms with Crippen molar-refractivity contribution >= 4 is 22.9 Å². The molecule has 2 atom stereocenters. The molecule has 2 heterocycles. The number of fused-ring (bicyclic) bond motifs is 6. The topological polar surface area (TPSA) is 63.6 Å². The fourth-order valence-electron chi connectivity index (χ4n) is 6.35. The number of aliphatic hydroxyl groups excluding tert-OH is 1. The zero-order chi connectivity index (χ0) is 27.2. The van der Waals surface area contributed by atoms with E-state index in [-0.39, 0.29) is 30.5 Å². The maximum Gasteiger partial charge on any atom is 0.168 e. The Kier molecular flexibility index (Phi) is 9.44. The first-order chi connectivity index (χ1) is 19.0. The van der Waals surface area contributed by atoms with Gasteiger partial charge in [-0.1, -0.05) is 48.6 Å². The molecule has 5 rings (SSSR count). The SMILES string of the molecule is C=C(CCO)C1CCCC(=O)C2=CC(C3CCOCC3)C=C2CC(=O)c2csc(c2)-c2cccc(c2)CCC1. The van der Waals surface area contributed by atoms with Crippen LogP contribution >= 0.6 is 11.3 Å². The van der Waals surface area contributed by atoms with Crippen LogP contribution in [0.25, 0.3) is 10.4 Å². The molecule has 1 N–H and O–H groups in total. The highest BCUT2D eigenvalue weighted by Gasteiger charge is 2.30. The maximum atomic E-state index is 13.6. The number of ether oxygens (including phenoxy) is 1. The first-order valence-electron chi connectivity index (χ1n) is 14.5. The minimum atomic E-state index is 0.0766. The van der Waals surface area contributed by atoms with Crippen molar-refractivity contribution in [1.82, 2.24) is 0 Å². The zero-order valence-corrected chi connectivity index (χ0v) is 23.6. The van der Waals surface area contributed by atoms with Crippen LogP contribution in [0.15, 0.2) is 71.2 Å². The van der Waals surface area contributed by atoms with Crippen LogP contribution in [-0.4, -0.2) is 36.5 Å². The maximum absolute atomic E-state index is 13.6. The molecule has 0 amide bonds. The van der Waals surface area contributed by atoms with E-state index in [9.17, 15) is 14.7 Å². The Morgan fingerprint density at radius 3 is 2.56 bits per heavy atom. The minimum Gasteiger partial charge on any atom is -0.396 e. The summed E-state index contributed by atoms with van der Waals surface area (Å²) in [5.41, 5.74) is 5.92. The highest BCUT2D eigenvalue weighted by atomic mass is 32.1. The Balaban J connectivity index is 1.43. The fourth-order valence-corrected chi connectivity index (χ4v) is 7.27. The van der Waals surface area contributed by atoms with Gasteiger partial charge in [0.1, 0.15) is 0 Å². The molecule has 1 aliphatic heterocycles. The van der Waals surface area contributed by atoms with Gasteiger partial charge in [-0.15, -0.1) is 11.3 Å². The van der Waals surface area contributed by atoms with Crippen molar-refractivity contribution in [2.45, 2.75) is 64.2 Å². The van der Waals surface area contributed by atoms with Gasteiger partial charge in [0.2, 0.25) is 0 Å². The summed E-state index contributed by atoms with van der Waals surface area (Å²) in [7, 11) is 0. The highest BCUT2D eigenvalue weighted by Crippen LogP contribution is 2.38. The number of hydrogen-bond acceptors (Lipinski definition) is 5. The number of carbonyl (C=O) groups is 2. The molecule has 0 spiro atoms. The third-order valence-corrected chi connectivity index (χ3v) is 9.66. The van der Waals surface area contributed by atoms with Crippen molar-refractivity contribution in [3.8, 4) is 10.4 Å². The van der Waals surface area contributed by atoms with Crippen LogP contribution in [0, 0.1) is 17.8 Å². The number of thiophene rings is 1. The van der Waals surface area contributed by atoms with Crippen LogP contribution in [0.2, 0.25) is 0 Å². The summed E-state index contributed by atoms with van der Waals surface area (Å²) in [5.74, 6) is 1.19. The molecule has 1 saturated heterocycles. The molecule has 2 aromatic rings. The number of Topliss-reactive ketones (excluding diaryl/α,β-unsaturated/α-hetero) is 2. The number of benzene rings is 1. The summed E-state index contributed by atoms with van der Waals surface area (Å²) >= 11 is 1.61. The van der Waals surface area contributed by atoms with Gasteiger partial charge in [-0.05, 0) is 91.9 Å². The van der Waals surface area contributed by atoms with Crippen molar-refractivity contribution in [1.29, 1.82) is 0 Å². The third-order valence-electron chi connectivity index (χ3n) is 8.68. The fraction of sp³-hybridized carbons (Fsp3) is 0.471. The quantitative estimate of drug-likeness (QED) is 0.404. The van der Waals surface area contributed by atoms with Gasteiger partial charge < -0.3 is 9.84 Å². The van der Waals surface area contributed by atoms with E-state index in [4.69, 9.17) is 4.74 Å². The Morgan fingerprint density at radius 2 is 1.77 bits per heavy atom. The second-order valence-electron chi connectivity index (χ2n) is 11.3. The first kappa shape index (κ1) is 27.9. The van der Waals surface area contributed by atoms with E-state index in [0.29, 0.717) is 24.7 Å². The van der Waals surface area contributed by atoms with E-state index in [1.807, 2.05) is 11.4 Å². The standard InChI is InChI=1S/C34H40O4S/c1-23(11-14-35)25-7-2-5-24-6-3-9-27(17-24)34-21-30(22-39-34)33(37)20-29-18-28(26-12-15-38-16-13-26)19-31(29)32(36)10-4-8-25/h3,6,9,17-19,21-22,25-26,28,35H,1-2,4-5,7-8,10-16,20H2. The van der Waals surface area contributed by atoms with Crippen molar-refractivity contribution in [2.75, 3.05) is 19.8 Å². The van der Waals surface area contributed by atoms with E-state index in [1.165, 1.54) is 5.56 Å². The number of hydrogen-bond donors (Lipinski definition) is 1. The highest BCUT2D eigenvalue weighted by molar-refractivity contribution is 7.13. The van der Waals surface area contributed by atoms with Gasteiger partial charge in [0.05, 0.1) is 0 Å². The van der Waals surface area contributed by atoms with Gasteiger partial charge in [-0.25, -0.2) is 0 Å². The van der Waals surface area contributed by atoms with Crippen LogP contribution in [0.5, 0.6) is 0 Å². The molecule has 2 aliphatic carbocycles. The van der Waals surface area contributed by atoms with Crippen LogP contribution in [-0.2, 0) is 16.0 Å². The summed E-state index contributed by atoms with van der Waals surface area (Å²) in [6.45, 7) is 5.92. The molecule has 2 unspecified atom stereocenters. The summed E-state index contributed by atoms with van der Waals surface area (Å²) < 4.78 is 5.57. The van der Waals surface area contributed by atoms with Crippen LogP contribution in [0.3, 0.4) is 0 Å². The lowest BCUT2D eigenvalue weighted by Gasteiger charge is -2.25. The zero-order valence-electron chi connectivity index (χ0n) is 22.8. The number of ketones is 2. The van der Waals surface area contributed by atoms with Crippen LogP contribution < -0.4 is 0 Å². The monoisotopic (exact) mass is 544 g/mol. The lowest BCUT2D eigenvalue weighted by molar-refractivity contribution is -0.115.